The Hall–Kier alpha value is -4.46. The zero-order chi connectivity index (χ0) is 24.9. The number of ether oxygens (including phenoxy) is 2. The molecule has 36 heavy (non-hydrogen) atoms. The average molecular weight is 486 g/mol. The molecule has 0 bridgehead atoms. The minimum atomic E-state index is -0.371. The van der Waals surface area contributed by atoms with E-state index in [1.54, 1.807) is 30.2 Å². The predicted molar refractivity (Wildman–Crippen MR) is 138 cm³/mol. The summed E-state index contributed by atoms with van der Waals surface area (Å²) in [5.74, 6) is 0.905. The van der Waals surface area contributed by atoms with Crippen LogP contribution >= 0.6 is 0 Å². The average Bonchev–Trinajstić information content (AvgIpc) is 3.30. The van der Waals surface area contributed by atoms with Gasteiger partial charge in [-0.25, -0.2) is 0 Å². The molecule has 0 unspecified atom stereocenters. The quantitative estimate of drug-likeness (QED) is 0.417. The molecular weight excluding hydrogens is 458 g/mol. The predicted octanol–water partition coefficient (Wildman–Crippen LogP) is 4.42. The van der Waals surface area contributed by atoms with E-state index >= 15 is 0 Å². The van der Waals surface area contributed by atoms with E-state index in [1.807, 2.05) is 60.7 Å². The summed E-state index contributed by atoms with van der Waals surface area (Å²) in [6, 6.07) is 24.3. The molecule has 1 aromatic heterocycles. The molecule has 1 aliphatic heterocycles. The lowest BCUT2D eigenvalue weighted by Crippen LogP contribution is -2.48. The van der Waals surface area contributed by atoms with Crippen molar-refractivity contribution in [2.45, 2.75) is 0 Å². The summed E-state index contributed by atoms with van der Waals surface area (Å²) in [5.41, 5.74) is 1.99. The fraction of sp³-hybridized carbons (Fsp3) is 0.214. The topological polar surface area (TPSA) is 84.3 Å². The SMILES string of the molecule is COc1ccc(N2CCN(C(=O)c3oc4ccccc4c3NC(=O)COc3ccccc3)CC2)cc1. The minimum Gasteiger partial charge on any atom is -0.497 e. The number of hydrogen-bond donors (Lipinski definition) is 1. The van der Waals surface area contributed by atoms with Gasteiger partial charge in [0.05, 0.1) is 7.11 Å². The van der Waals surface area contributed by atoms with Crippen LogP contribution < -0.4 is 19.7 Å². The van der Waals surface area contributed by atoms with E-state index < -0.39 is 0 Å². The van der Waals surface area contributed by atoms with Crippen LogP contribution in [-0.4, -0.2) is 56.6 Å². The van der Waals surface area contributed by atoms with Gasteiger partial charge in [-0.2, -0.15) is 0 Å². The van der Waals surface area contributed by atoms with Gasteiger partial charge >= 0.3 is 0 Å². The van der Waals surface area contributed by atoms with Crippen molar-refractivity contribution in [2.24, 2.45) is 0 Å². The Morgan fingerprint density at radius 3 is 2.28 bits per heavy atom. The Morgan fingerprint density at radius 1 is 0.861 bits per heavy atom. The lowest BCUT2D eigenvalue weighted by atomic mass is 10.2. The standard InChI is InChI=1S/C28H27N3O5/c1-34-21-13-11-20(12-14-21)30-15-17-31(18-16-30)28(33)27-26(23-9-5-6-10-24(23)36-27)29-25(32)19-35-22-7-3-2-4-8-22/h2-14H,15-19H2,1H3,(H,29,32). The van der Waals surface area contributed by atoms with E-state index in [9.17, 15) is 9.59 Å². The summed E-state index contributed by atoms with van der Waals surface area (Å²) in [7, 11) is 1.64. The monoisotopic (exact) mass is 485 g/mol. The molecule has 0 aliphatic carbocycles. The maximum Gasteiger partial charge on any atom is 0.291 e. The van der Waals surface area contributed by atoms with E-state index in [0.29, 0.717) is 48.6 Å². The van der Waals surface area contributed by atoms with Crippen LogP contribution in [0.25, 0.3) is 11.0 Å². The second-order valence-electron chi connectivity index (χ2n) is 8.43. The summed E-state index contributed by atoms with van der Waals surface area (Å²) in [6.45, 7) is 2.26. The van der Waals surface area contributed by atoms with Crippen LogP contribution in [0.4, 0.5) is 11.4 Å². The molecule has 184 valence electrons. The molecule has 4 aromatic rings. The molecule has 1 N–H and O–H groups in total. The highest BCUT2D eigenvalue weighted by Gasteiger charge is 2.29. The first-order chi connectivity index (χ1) is 17.6. The van der Waals surface area contributed by atoms with Crippen LogP contribution in [0.2, 0.25) is 0 Å². The number of piperazine rings is 1. The van der Waals surface area contributed by atoms with Gasteiger partial charge in [0, 0.05) is 37.3 Å². The van der Waals surface area contributed by atoms with Crippen molar-refractivity contribution in [3.05, 3.63) is 84.6 Å². The number of hydrogen-bond acceptors (Lipinski definition) is 6. The number of anilines is 2. The van der Waals surface area contributed by atoms with Gasteiger partial charge in [-0.3, -0.25) is 9.59 Å². The Balaban J connectivity index is 1.29. The lowest BCUT2D eigenvalue weighted by molar-refractivity contribution is -0.118. The maximum absolute atomic E-state index is 13.5. The van der Waals surface area contributed by atoms with Crippen LogP contribution in [0.1, 0.15) is 10.6 Å². The normalized spacial score (nSPS) is 13.5. The maximum atomic E-state index is 13.5. The number of rotatable bonds is 7. The van der Waals surface area contributed by atoms with Crippen LogP contribution in [0.3, 0.4) is 0 Å². The number of nitrogens with one attached hydrogen (secondary N) is 1. The van der Waals surface area contributed by atoms with Crippen molar-refractivity contribution in [1.82, 2.24) is 4.90 Å². The minimum absolute atomic E-state index is 0.127. The number of carbonyl (C=O) groups excluding carboxylic acids is 2. The number of fused-ring (bicyclic) bond motifs is 1. The van der Waals surface area contributed by atoms with E-state index in [0.717, 1.165) is 11.4 Å². The van der Waals surface area contributed by atoms with Gasteiger partial charge in [-0.15, -0.1) is 0 Å². The molecule has 5 rings (SSSR count). The number of furan rings is 1. The fourth-order valence-electron chi connectivity index (χ4n) is 4.27. The smallest absolute Gasteiger partial charge is 0.291 e. The Kier molecular flexibility index (Phi) is 6.75. The van der Waals surface area contributed by atoms with Gasteiger partial charge in [0.25, 0.3) is 11.8 Å². The van der Waals surface area contributed by atoms with Crippen molar-refractivity contribution in [1.29, 1.82) is 0 Å². The largest absolute Gasteiger partial charge is 0.497 e. The van der Waals surface area contributed by atoms with Gasteiger partial charge < -0.3 is 29.0 Å². The third-order valence-electron chi connectivity index (χ3n) is 6.17. The molecule has 8 nitrogen and oxygen atoms in total. The molecule has 2 amide bonds. The zero-order valence-electron chi connectivity index (χ0n) is 20.0. The molecule has 0 saturated carbocycles. The first kappa shape index (κ1) is 23.3. The molecule has 1 fully saturated rings. The third-order valence-corrected chi connectivity index (χ3v) is 6.17. The number of benzene rings is 3. The van der Waals surface area contributed by atoms with Gasteiger partial charge in [0.1, 0.15) is 22.8 Å². The van der Waals surface area contributed by atoms with Crippen molar-refractivity contribution in [3.8, 4) is 11.5 Å². The van der Waals surface area contributed by atoms with Crippen molar-refractivity contribution in [2.75, 3.05) is 50.1 Å². The van der Waals surface area contributed by atoms with Gasteiger partial charge in [-0.1, -0.05) is 30.3 Å². The summed E-state index contributed by atoms with van der Waals surface area (Å²) >= 11 is 0. The second-order valence-corrected chi connectivity index (χ2v) is 8.43. The molecule has 1 saturated heterocycles. The summed E-state index contributed by atoms with van der Waals surface area (Å²) in [6.07, 6.45) is 0. The number of nitrogens with zero attached hydrogens (tertiary/aromatic N) is 2. The summed E-state index contributed by atoms with van der Waals surface area (Å²) in [5, 5.41) is 3.51. The summed E-state index contributed by atoms with van der Waals surface area (Å²) < 4.78 is 16.7. The Bertz CT molecular complexity index is 1340. The molecule has 0 spiro atoms. The number of para-hydroxylation sites is 2. The highest BCUT2D eigenvalue weighted by molar-refractivity contribution is 6.11. The van der Waals surface area contributed by atoms with E-state index in [4.69, 9.17) is 13.9 Å². The highest BCUT2D eigenvalue weighted by Crippen LogP contribution is 2.32. The molecular formula is C28H27N3O5. The number of methoxy groups -OCH3 is 1. The Labute approximate surface area is 209 Å². The molecule has 0 atom stereocenters. The highest BCUT2D eigenvalue weighted by atomic mass is 16.5. The van der Waals surface area contributed by atoms with Crippen LogP contribution in [0.5, 0.6) is 11.5 Å². The molecule has 1 aliphatic rings. The van der Waals surface area contributed by atoms with Crippen molar-refractivity contribution in [3.63, 3.8) is 0 Å². The Morgan fingerprint density at radius 2 is 1.56 bits per heavy atom. The van der Waals surface area contributed by atoms with Gasteiger partial charge in [-0.05, 0) is 48.5 Å². The number of amides is 2. The molecule has 2 heterocycles. The molecule has 8 heteroatoms. The van der Waals surface area contributed by atoms with E-state index in [-0.39, 0.29) is 24.2 Å². The first-order valence-electron chi connectivity index (χ1n) is 11.8. The molecule has 3 aromatic carbocycles. The first-order valence-corrected chi connectivity index (χ1v) is 11.8. The summed E-state index contributed by atoms with van der Waals surface area (Å²) in [4.78, 5) is 30.2. The fourth-order valence-corrected chi connectivity index (χ4v) is 4.27. The van der Waals surface area contributed by atoms with E-state index in [2.05, 4.69) is 10.2 Å². The molecule has 0 radical (unpaired) electrons. The van der Waals surface area contributed by atoms with Gasteiger partial charge in [0.2, 0.25) is 5.76 Å². The lowest BCUT2D eigenvalue weighted by Gasteiger charge is -2.35. The van der Waals surface area contributed by atoms with Crippen LogP contribution in [0, 0.1) is 0 Å². The van der Waals surface area contributed by atoms with Crippen molar-refractivity contribution >= 4 is 34.2 Å². The number of carbonyl (C=O) groups is 2. The van der Waals surface area contributed by atoms with Crippen LogP contribution in [-0.2, 0) is 4.79 Å². The zero-order valence-corrected chi connectivity index (χ0v) is 20.0. The van der Waals surface area contributed by atoms with Crippen molar-refractivity contribution < 1.29 is 23.5 Å². The second kappa shape index (κ2) is 10.4. The van der Waals surface area contributed by atoms with Gasteiger partial charge in [0.15, 0.2) is 6.61 Å². The third kappa shape index (κ3) is 4.98. The van der Waals surface area contributed by atoms with Crippen LogP contribution in [0.15, 0.2) is 83.3 Å². The van der Waals surface area contributed by atoms with E-state index in [1.165, 1.54) is 0 Å².